The minimum atomic E-state index is -0.137. The van der Waals surface area contributed by atoms with Crippen molar-refractivity contribution in [3.8, 4) is 0 Å². The average Bonchev–Trinajstić information content (AvgIpc) is 2.49. The molecule has 0 saturated carbocycles. The lowest BCUT2D eigenvalue weighted by Crippen LogP contribution is -2.35. The van der Waals surface area contributed by atoms with Gasteiger partial charge in [0.25, 0.3) is 0 Å². The molecule has 2 rings (SSSR count). The van der Waals surface area contributed by atoms with Gasteiger partial charge in [-0.3, -0.25) is 15.1 Å². The Morgan fingerprint density at radius 3 is 2.85 bits per heavy atom. The molecule has 1 aromatic carbocycles. The number of rotatable bonds is 5. The molecule has 0 aliphatic carbocycles. The van der Waals surface area contributed by atoms with Crippen molar-refractivity contribution in [1.29, 1.82) is 0 Å². The largest absolute Gasteiger partial charge is 0.299 e. The zero-order valence-corrected chi connectivity index (χ0v) is 12.3. The standard InChI is InChI=1S/C16H25N3O/c1-2-13-6-5-9-19(11-13)12-15-8-4-3-7-14(15)10-16(20)18-17/h3-4,7-8,13H,2,5-6,9-12,17H2,1H3,(H,18,20). The van der Waals surface area contributed by atoms with Gasteiger partial charge in [0, 0.05) is 13.1 Å². The van der Waals surface area contributed by atoms with Crippen LogP contribution in [0.5, 0.6) is 0 Å². The van der Waals surface area contributed by atoms with Crippen LogP contribution in [0.2, 0.25) is 0 Å². The normalized spacial score (nSPS) is 19.8. The second-order valence-electron chi connectivity index (χ2n) is 5.66. The maximum Gasteiger partial charge on any atom is 0.238 e. The first kappa shape index (κ1) is 15.0. The number of hydrogen-bond acceptors (Lipinski definition) is 3. The fraction of sp³-hybridized carbons (Fsp3) is 0.562. The van der Waals surface area contributed by atoms with Gasteiger partial charge < -0.3 is 0 Å². The van der Waals surface area contributed by atoms with Crippen LogP contribution in [0, 0.1) is 5.92 Å². The Bertz CT molecular complexity index is 447. The summed E-state index contributed by atoms with van der Waals surface area (Å²) in [5, 5.41) is 0. The summed E-state index contributed by atoms with van der Waals surface area (Å²) in [5.41, 5.74) is 4.53. The fourth-order valence-corrected chi connectivity index (χ4v) is 2.98. The lowest BCUT2D eigenvalue weighted by atomic mass is 9.94. The highest BCUT2D eigenvalue weighted by Crippen LogP contribution is 2.22. The van der Waals surface area contributed by atoms with Crippen LogP contribution in [-0.2, 0) is 17.8 Å². The van der Waals surface area contributed by atoms with E-state index in [9.17, 15) is 4.79 Å². The molecule has 0 radical (unpaired) electrons. The highest BCUT2D eigenvalue weighted by molar-refractivity contribution is 5.78. The van der Waals surface area contributed by atoms with Gasteiger partial charge in [0.2, 0.25) is 5.91 Å². The summed E-state index contributed by atoms with van der Waals surface area (Å²) in [6.07, 6.45) is 4.25. The van der Waals surface area contributed by atoms with E-state index in [-0.39, 0.29) is 5.91 Å². The molecule has 1 saturated heterocycles. The van der Waals surface area contributed by atoms with Crippen molar-refractivity contribution in [2.24, 2.45) is 11.8 Å². The van der Waals surface area contributed by atoms with Gasteiger partial charge in [0.1, 0.15) is 0 Å². The third-order valence-corrected chi connectivity index (χ3v) is 4.20. The van der Waals surface area contributed by atoms with E-state index in [2.05, 4.69) is 23.3 Å². The molecule has 0 aromatic heterocycles. The molecule has 110 valence electrons. The molecule has 4 nitrogen and oxygen atoms in total. The molecule has 20 heavy (non-hydrogen) atoms. The summed E-state index contributed by atoms with van der Waals surface area (Å²) >= 11 is 0. The van der Waals surface area contributed by atoms with Gasteiger partial charge in [0.05, 0.1) is 6.42 Å². The highest BCUT2D eigenvalue weighted by atomic mass is 16.2. The first-order valence-corrected chi connectivity index (χ1v) is 7.51. The number of nitrogens with zero attached hydrogens (tertiary/aromatic N) is 1. The smallest absolute Gasteiger partial charge is 0.238 e. The Morgan fingerprint density at radius 1 is 1.40 bits per heavy atom. The van der Waals surface area contributed by atoms with E-state index in [1.165, 1.54) is 31.4 Å². The fourth-order valence-electron chi connectivity index (χ4n) is 2.98. The van der Waals surface area contributed by atoms with Crippen molar-refractivity contribution in [2.75, 3.05) is 13.1 Å². The third kappa shape index (κ3) is 4.05. The van der Waals surface area contributed by atoms with Crippen molar-refractivity contribution in [3.63, 3.8) is 0 Å². The number of piperidine rings is 1. The Kier molecular flexibility index (Phi) is 5.56. The predicted octanol–water partition coefficient (Wildman–Crippen LogP) is 1.84. The lowest BCUT2D eigenvalue weighted by Gasteiger charge is -2.32. The molecule has 1 unspecified atom stereocenters. The monoisotopic (exact) mass is 275 g/mol. The van der Waals surface area contributed by atoms with Crippen LogP contribution in [0.4, 0.5) is 0 Å². The number of hydrogen-bond donors (Lipinski definition) is 2. The number of carbonyl (C=O) groups is 1. The molecule has 4 heteroatoms. The van der Waals surface area contributed by atoms with Crippen LogP contribution < -0.4 is 11.3 Å². The van der Waals surface area contributed by atoms with E-state index in [1.54, 1.807) is 0 Å². The number of nitrogens with two attached hydrogens (primary N) is 1. The van der Waals surface area contributed by atoms with Gasteiger partial charge in [-0.2, -0.15) is 0 Å². The Hall–Kier alpha value is -1.39. The zero-order valence-electron chi connectivity index (χ0n) is 12.3. The van der Waals surface area contributed by atoms with Gasteiger partial charge in [-0.25, -0.2) is 5.84 Å². The van der Waals surface area contributed by atoms with Gasteiger partial charge in [-0.15, -0.1) is 0 Å². The van der Waals surface area contributed by atoms with E-state index in [0.29, 0.717) is 6.42 Å². The summed E-state index contributed by atoms with van der Waals surface area (Å²) in [5.74, 6) is 5.87. The molecule has 1 atom stereocenters. The molecular weight excluding hydrogens is 250 g/mol. The predicted molar refractivity (Wildman–Crippen MR) is 80.8 cm³/mol. The molecule has 1 fully saturated rings. The SMILES string of the molecule is CCC1CCCN(Cc2ccccc2CC(=O)NN)C1. The number of carbonyl (C=O) groups excluding carboxylic acids is 1. The topological polar surface area (TPSA) is 58.4 Å². The van der Waals surface area contributed by atoms with Gasteiger partial charge in [-0.1, -0.05) is 37.6 Å². The summed E-state index contributed by atoms with van der Waals surface area (Å²) < 4.78 is 0. The highest BCUT2D eigenvalue weighted by Gasteiger charge is 2.19. The molecule has 1 aliphatic heterocycles. The van der Waals surface area contributed by atoms with Crippen molar-refractivity contribution in [2.45, 2.75) is 39.2 Å². The maximum absolute atomic E-state index is 11.5. The molecule has 1 heterocycles. The van der Waals surface area contributed by atoms with Crippen LogP contribution in [0.1, 0.15) is 37.3 Å². The van der Waals surface area contributed by atoms with Crippen molar-refractivity contribution < 1.29 is 4.79 Å². The Labute approximate surface area is 121 Å². The molecule has 0 spiro atoms. The van der Waals surface area contributed by atoms with Crippen LogP contribution in [0.3, 0.4) is 0 Å². The van der Waals surface area contributed by atoms with Gasteiger partial charge in [0.15, 0.2) is 0 Å². The second kappa shape index (κ2) is 7.41. The molecule has 0 bridgehead atoms. The van der Waals surface area contributed by atoms with E-state index in [1.807, 2.05) is 18.2 Å². The van der Waals surface area contributed by atoms with Gasteiger partial charge >= 0.3 is 0 Å². The number of benzene rings is 1. The molecular formula is C16H25N3O. The van der Waals surface area contributed by atoms with Crippen LogP contribution in [0.25, 0.3) is 0 Å². The van der Waals surface area contributed by atoms with Crippen molar-refractivity contribution in [1.82, 2.24) is 10.3 Å². The van der Waals surface area contributed by atoms with Gasteiger partial charge in [-0.05, 0) is 36.4 Å². The Morgan fingerprint density at radius 2 is 2.15 bits per heavy atom. The second-order valence-corrected chi connectivity index (χ2v) is 5.66. The molecule has 1 amide bonds. The Balaban J connectivity index is 2.03. The summed E-state index contributed by atoms with van der Waals surface area (Å²) in [7, 11) is 0. The number of nitrogens with one attached hydrogen (secondary N) is 1. The minimum Gasteiger partial charge on any atom is -0.299 e. The number of amides is 1. The van der Waals surface area contributed by atoms with E-state index >= 15 is 0 Å². The zero-order chi connectivity index (χ0) is 14.4. The third-order valence-electron chi connectivity index (χ3n) is 4.20. The van der Waals surface area contributed by atoms with E-state index in [4.69, 9.17) is 5.84 Å². The first-order chi connectivity index (χ1) is 9.72. The summed E-state index contributed by atoms with van der Waals surface area (Å²) in [6.45, 7) is 5.54. The average molecular weight is 275 g/mol. The summed E-state index contributed by atoms with van der Waals surface area (Å²) in [4.78, 5) is 14.0. The van der Waals surface area contributed by atoms with Crippen molar-refractivity contribution >= 4 is 5.91 Å². The molecule has 1 aliphatic rings. The van der Waals surface area contributed by atoms with Crippen LogP contribution in [0.15, 0.2) is 24.3 Å². The van der Waals surface area contributed by atoms with E-state index < -0.39 is 0 Å². The van der Waals surface area contributed by atoms with Crippen molar-refractivity contribution in [3.05, 3.63) is 35.4 Å². The number of likely N-dealkylation sites (tertiary alicyclic amines) is 1. The lowest BCUT2D eigenvalue weighted by molar-refractivity contribution is -0.120. The minimum absolute atomic E-state index is 0.137. The number of hydrazine groups is 1. The molecule has 1 aromatic rings. The van der Waals surface area contributed by atoms with Crippen LogP contribution in [-0.4, -0.2) is 23.9 Å². The van der Waals surface area contributed by atoms with E-state index in [0.717, 1.165) is 24.6 Å². The summed E-state index contributed by atoms with van der Waals surface area (Å²) in [6, 6.07) is 8.16. The quantitative estimate of drug-likeness (QED) is 0.490. The maximum atomic E-state index is 11.5. The first-order valence-electron chi connectivity index (χ1n) is 7.51. The van der Waals surface area contributed by atoms with Crippen LogP contribution >= 0.6 is 0 Å². The molecule has 3 N–H and O–H groups in total.